The first kappa shape index (κ1) is 15.4. The fourth-order valence-corrected chi connectivity index (χ4v) is 3.43. The van der Waals surface area contributed by atoms with Gasteiger partial charge in [-0.05, 0) is 23.9 Å². The molecule has 4 heteroatoms. The minimum atomic E-state index is 0.252. The van der Waals surface area contributed by atoms with Crippen molar-refractivity contribution in [2.45, 2.75) is 13.5 Å². The first-order chi connectivity index (χ1) is 10.7. The molecule has 0 unspecified atom stereocenters. The average Bonchev–Trinajstić information content (AvgIpc) is 3.06. The third kappa shape index (κ3) is 4.03. The maximum atomic E-state index is 12.1. The molecule has 22 heavy (non-hydrogen) atoms. The molecule has 0 amide bonds. The molecule has 0 aliphatic carbocycles. The summed E-state index contributed by atoms with van der Waals surface area (Å²) in [6, 6.07) is 12.6. The summed E-state index contributed by atoms with van der Waals surface area (Å²) in [5.41, 5.74) is 2.68. The van der Waals surface area contributed by atoms with Crippen LogP contribution in [-0.4, -0.2) is 48.3 Å². The van der Waals surface area contributed by atoms with Crippen molar-refractivity contribution in [3.8, 4) is 0 Å². The van der Waals surface area contributed by atoms with Gasteiger partial charge in [0.05, 0.1) is 11.4 Å². The van der Waals surface area contributed by atoms with Crippen LogP contribution in [0.4, 0.5) is 0 Å². The van der Waals surface area contributed by atoms with Gasteiger partial charge in [-0.3, -0.25) is 14.6 Å². The van der Waals surface area contributed by atoms with Crippen molar-refractivity contribution in [2.75, 3.05) is 32.7 Å². The van der Waals surface area contributed by atoms with E-state index >= 15 is 0 Å². The molecule has 3 nitrogen and oxygen atoms in total. The quantitative estimate of drug-likeness (QED) is 0.793. The van der Waals surface area contributed by atoms with Crippen LogP contribution in [0.25, 0.3) is 0 Å². The smallest absolute Gasteiger partial charge is 0.186 e. The van der Waals surface area contributed by atoms with Gasteiger partial charge in [-0.2, -0.15) is 0 Å². The number of aryl methyl sites for hydroxylation is 1. The minimum Gasteiger partial charge on any atom is -0.297 e. The topological polar surface area (TPSA) is 23.6 Å². The standard InChI is InChI=1S/C18H22N2OS/c1-15-4-6-16(7-5-15)13-19-8-10-20(11-9-19)14-17(21)18-3-2-12-22-18/h2-7,12H,8-11,13-14H2,1H3. The minimum absolute atomic E-state index is 0.252. The van der Waals surface area contributed by atoms with Gasteiger partial charge in [-0.15, -0.1) is 11.3 Å². The van der Waals surface area contributed by atoms with Gasteiger partial charge in [-0.1, -0.05) is 35.9 Å². The molecular weight excluding hydrogens is 292 g/mol. The molecule has 0 bridgehead atoms. The summed E-state index contributed by atoms with van der Waals surface area (Å²) >= 11 is 1.54. The van der Waals surface area contributed by atoms with Crippen molar-refractivity contribution in [1.82, 2.24) is 9.80 Å². The van der Waals surface area contributed by atoms with Crippen molar-refractivity contribution in [2.24, 2.45) is 0 Å². The van der Waals surface area contributed by atoms with Crippen molar-refractivity contribution < 1.29 is 4.79 Å². The van der Waals surface area contributed by atoms with Gasteiger partial charge >= 0.3 is 0 Å². The lowest BCUT2D eigenvalue weighted by atomic mass is 10.1. The summed E-state index contributed by atoms with van der Waals surface area (Å²) in [4.78, 5) is 17.8. The molecule has 2 aromatic rings. The van der Waals surface area contributed by atoms with Crippen molar-refractivity contribution in [3.63, 3.8) is 0 Å². The second kappa shape index (κ2) is 7.18. The Bertz CT molecular complexity index is 599. The molecular formula is C18H22N2OS. The lowest BCUT2D eigenvalue weighted by Gasteiger charge is -2.34. The summed E-state index contributed by atoms with van der Waals surface area (Å²) in [7, 11) is 0. The molecule has 2 heterocycles. The van der Waals surface area contributed by atoms with E-state index in [1.54, 1.807) is 0 Å². The van der Waals surface area contributed by atoms with E-state index in [1.807, 2.05) is 17.5 Å². The monoisotopic (exact) mass is 314 g/mol. The molecule has 0 N–H and O–H groups in total. The molecule has 1 saturated heterocycles. The second-order valence-electron chi connectivity index (χ2n) is 5.94. The van der Waals surface area contributed by atoms with E-state index in [0.29, 0.717) is 6.54 Å². The summed E-state index contributed by atoms with van der Waals surface area (Å²) < 4.78 is 0. The highest BCUT2D eigenvalue weighted by molar-refractivity contribution is 7.12. The van der Waals surface area contributed by atoms with Gasteiger partial charge in [-0.25, -0.2) is 0 Å². The number of Topliss-reactive ketones (excluding diaryl/α,β-unsaturated/α-hetero) is 1. The van der Waals surface area contributed by atoms with Crippen molar-refractivity contribution in [1.29, 1.82) is 0 Å². The fourth-order valence-electron chi connectivity index (χ4n) is 2.78. The maximum Gasteiger partial charge on any atom is 0.186 e. The third-order valence-corrected chi connectivity index (χ3v) is 5.07. The molecule has 0 radical (unpaired) electrons. The number of carbonyl (C=O) groups excluding carboxylic acids is 1. The van der Waals surface area contributed by atoms with Crippen LogP contribution < -0.4 is 0 Å². The zero-order chi connectivity index (χ0) is 15.4. The molecule has 1 aliphatic heterocycles. The van der Waals surface area contributed by atoms with Gasteiger partial charge in [0.25, 0.3) is 0 Å². The van der Waals surface area contributed by atoms with Crippen LogP contribution in [0.1, 0.15) is 20.8 Å². The van der Waals surface area contributed by atoms with Gasteiger partial charge < -0.3 is 0 Å². The molecule has 0 spiro atoms. The van der Waals surface area contributed by atoms with E-state index in [0.717, 1.165) is 37.6 Å². The molecule has 116 valence electrons. The Labute approximate surface area is 136 Å². The van der Waals surface area contributed by atoms with E-state index in [1.165, 1.54) is 22.5 Å². The lowest BCUT2D eigenvalue weighted by Crippen LogP contribution is -2.47. The average molecular weight is 314 g/mol. The van der Waals surface area contributed by atoms with Crippen LogP contribution >= 0.6 is 11.3 Å². The lowest BCUT2D eigenvalue weighted by molar-refractivity contribution is 0.0847. The Morgan fingerprint density at radius 3 is 2.36 bits per heavy atom. The fraction of sp³-hybridized carbons (Fsp3) is 0.389. The zero-order valence-corrected chi connectivity index (χ0v) is 13.8. The van der Waals surface area contributed by atoms with Crippen LogP contribution in [0.3, 0.4) is 0 Å². The highest BCUT2D eigenvalue weighted by Crippen LogP contribution is 2.13. The third-order valence-electron chi connectivity index (χ3n) is 4.15. The number of piperazine rings is 1. The molecule has 3 rings (SSSR count). The highest BCUT2D eigenvalue weighted by atomic mass is 32.1. The van der Waals surface area contributed by atoms with Crippen molar-refractivity contribution in [3.05, 3.63) is 57.8 Å². The number of nitrogens with zero attached hydrogens (tertiary/aromatic N) is 2. The number of thiophene rings is 1. The normalized spacial score (nSPS) is 16.8. The Morgan fingerprint density at radius 2 is 1.73 bits per heavy atom. The number of benzene rings is 1. The van der Waals surface area contributed by atoms with Crippen LogP contribution in [0.15, 0.2) is 41.8 Å². The van der Waals surface area contributed by atoms with E-state index in [2.05, 4.69) is 41.0 Å². The molecule has 1 aromatic carbocycles. The van der Waals surface area contributed by atoms with E-state index < -0.39 is 0 Å². The highest BCUT2D eigenvalue weighted by Gasteiger charge is 2.19. The summed E-state index contributed by atoms with van der Waals surface area (Å²) in [6.45, 7) is 7.70. The summed E-state index contributed by atoms with van der Waals surface area (Å²) in [5, 5.41) is 1.97. The van der Waals surface area contributed by atoms with E-state index in [9.17, 15) is 4.79 Å². The van der Waals surface area contributed by atoms with E-state index in [-0.39, 0.29) is 5.78 Å². The van der Waals surface area contributed by atoms with Crippen LogP contribution in [0, 0.1) is 6.92 Å². The predicted octanol–water partition coefficient (Wildman–Crippen LogP) is 3.06. The van der Waals surface area contributed by atoms with Crippen molar-refractivity contribution >= 4 is 17.1 Å². The maximum absolute atomic E-state index is 12.1. The molecule has 1 aromatic heterocycles. The Balaban J connectivity index is 1.46. The van der Waals surface area contributed by atoms with Crippen LogP contribution in [-0.2, 0) is 6.54 Å². The van der Waals surface area contributed by atoms with Gasteiger partial charge in [0.2, 0.25) is 0 Å². The van der Waals surface area contributed by atoms with Gasteiger partial charge in [0.1, 0.15) is 0 Å². The van der Waals surface area contributed by atoms with Gasteiger partial charge in [0, 0.05) is 32.7 Å². The summed E-state index contributed by atoms with van der Waals surface area (Å²) in [6.07, 6.45) is 0. The Morgan fingerprint density at radius 1 is 1.05 bits per heavy atom. The molecule has 1 fully saturated rings. The first-order valence-corrected chi connectivity index (χ1v) is 8.65. The number of hydrogen-bond donors (Lipinski definition) is 0. The Kier molecular flexibility index (Phi) is 5.03. The summed E-state index contributed by atoms with van der Waals surface area (Å²) in [5.74, 6) is 0.252. The van der Waals surface area contributed by atoms with Crippen LogP contribution in [0.5, 0.6) is 0 Å². The SMILES string of the molecule is Cc1ccc(CN2CCN(CC(=O)c3cccs3)CC2)cc1. The molecule has 0 atom stereocenters. The number of hydrogen-bond acceptors (Lipinski definition) is 4. The predicted molar refractivity (Wildman–Crippen MR) is 91.5 cm³/mol. The molecule has 0 saturated carbocycles. The zero-order valence-electron chi connectivity index (χ0n) is 13.0. The Hall–Kier alpha value is -1.49. The van der Waals surface area contributed by atoms with E-state index in [4.69, 9.17) is 0 Å². The number of carbonyl (C=O) groups is 1. The molecule has 1 aliphatic rings. The number of ketones is 1. The van der Waals surface area contributed by atoms with Crippen LogP contribution in [0.2, 0.25) is 0 Å². The first-order valence-electron chi connectivity index (χ1n) is 7.78. The largest absolute Gasteiger partial charge is 0.297 e. The second-order valence-corrected chi connectivity index (χ2v) is 6.89. The number of rotatable bonds is 5. The van der Waals surface area contributed by atoms with Gasteiger partial charge in [0.15, 0.2) is 5.78 Å².